The Morgan fingerprint density at radius 1 is 1.18 bits per heavy atom. The number of benzene rings is 1. The minimum atomic E-state index is -1.04. The van der Waals surface area contributed by atoms with Gasteiger partial charge in [-0.15, -0.1) is 13.2 Å². The van der Waals surface area contributed by atoms with Gasteiger partial charge in [0.25, 0.3) is 5.91 Å². The number of carbonyl (C=O) groups is 2. The van der Waals surface area contributed by atoms with Crippen LogP contribution in [-0.4, -0.2) is 41.6 Å². The summed E-state index contributed by atoms with van der Waals surface area (Å²) in [7, 11) is 0. The van der Waals surface area contributed by atoms with E-state index in [1.54, 1.807) is 43.0 Å². The van der Waals surface area contributed by atoms with E-state index >= 15 is 0 Å². The highest BCUT2D eigenvalue weighted by Crippen LogP contribution is 2.25. The van der Waals surface area contributed by atoms with E-state index in [4.69, 9.17) is 9.84 Å². The van der Waals surface area contributed by atoms with E-state index in [9.17, 15) is 9.59 Å². The van der Waals surface area contributed by atoms with E-state index in [0.29, 0.717) is 24.4 Å². The molecule has 5 nitrogen and oxygen atoms in total. The summed E-state index contributed by atoms with van der Waals surface area (Å²) in [6.07, 6.45) is 3.32. The predicted octanol–water partition coefficient (Wildman–Crippen LogP) is 2.58. The summed E-state index contributed by atoms with van der Waals surface area (Å²) in [5.74, 6) is -0.671. The number of carbonyl (C=O) groups excluding carboxylic acids is 1. The zero-order valence-electron chi connectivity index (χ0n) is 13.0. The molecule has 22 heavy (non-hydrogen) atoms. The first-order chi connectivity index (χ1) is 10.4. The summed E-state index contributed by atoms with van der Waals surface area (Å²) in [5, 5.41) is 8.69. The molecule has 1 amide bonds. The Kier molecular flexibility index (Phi) is 6.38. The third-order valence-electron chi connectivity index (χ3n) is 3.03. The highest BCUT2D eigenvalue weighted by molar-refractivity contribution is 5.95. The zero-order chi connectivity index (χ0) is 16.7. The molecule has 0 aliphatic rings. The van der Waals surface area contributed by atoms with E-state index in [1.807, 2.05) is 0 Å². The molecule has 0 aliphatic carbocycles. The van der Waals surface area contributed by atoms with E-state index < -0.39 is 12.6 Å². The molecule has 1 rings (SSSR count). The van der Waals surface area contributed by atoms with Crippen LogP contribution in [0.5, 0.6) is 5.75 Å². The highest BCUT2D eigenvalue weighted by atomic mass is 16.5. The molecule has 0 spiro atoms. The maximum atomic E-state index is 12.5. The molecule has 0 atom stereocenters. The van der Waals surface area contributed by atoms with Crippen LogP contribution in [0.15, 0.2) is 37.4 Å². The Labute approximate surface area is 130 Å². The maximum Gasteiger partial charge on any atom is 0.341 e. The monoisotopic (exact) mass is 303 g/mol. The Morgan fingerprint density at radius 3 is 2.09 bits per heavy atom. The fourth-order valence-electron chi connectivity index (χ4n) is 2.17. The lowest BCUT2D eigenvalue weighted by atomic mass is 10.0. The second-order valence-electron chi connectivity index (χ2n) is 4.91. The molecular formula is C17H21NO4. The van der Waals surface area contributed by atoms with Gasteiger partial charge in [0, 0.05) is 18.7 Å². The Morgan fingerprint density at radius 2 is 1.68 bits per heavy atom. The average molecular weight is 303 g/mol. The van der Waals surface area contributed by atoms with Crippen molar-refractivity contribution in [2.24, 2.45) is 0 Å². The van der Waals surface area contributed by atoms with Crippen molar-refractivity contribution in [2.45, 2.75) is 13.8 Å². The van der Waals surface area contributed by atoms with E-state index in [-0.39, 0.29) is 5.91 Å². The van der Waals surface area contributed by atoms with Gasteiger partial charge < -0.3 is 14.7 Å². The van der Waals surface area contributed by atoms with Crippen molar-refractivity contribution in [3.63, 3.8) is 0 Å². The molecule has 0 radical (unpaired) electrons. The van der Waals surface area contributed by atoms with Crippen molar-refractivity contribution in [3.8, 4) is 5.75 Å². The van der Waals surface area contributed by atoms with Gasteiger partial charge in [0.15, 0.2) is 6.61 Å². The molecule has 0 aliphatic heterocycles. The van der Waals surface area contributed by atoms with E-state index in [0.717, 1.165) is 11.1 Å². The topological polar surface area (TPSA) is 66.8 Å². The largest absolute Gasteiger partial charge is 0.481 e. The molecule has 1 N–H and O–H groups in total. The minimum Gasteiger partial charge on any atom is -0.481 e. The van der Waals surface area contributed by atoms with Crippen LogP contribution in [0.3, 0.4) is 0 Å². The van der Waals surface area contributed by atoms with Crippen molar-refractivity contribution in [1.82, 2.24) is 4.90 Å². The zero-order valence-corrected chi connectivity index (χ0v) is 13.0. The third-order valence-corrected chi connectivity index (χ3v) is 3.03. The second kappa shape index (κ2) is 8.02. The first kappa shape index (κ1) is 17.5. The molecule has 0 unspecified atom stereocenters. The quantitative estimate of drug-likeness (QED) is 0.750. The van der Waals surface area contributed by atoms with Crippen LogP contribution in [0.25, 0.3) is 0 Å². The number of hydrogen-bond acceptors (Lipinski definition) is 3. The Balaban J connectivity index is 3.06. The predicted molar refractivity (Wildman–Crippen MR) is 85.3 cm³/mol. The van der Waals surface area contributed by atoms with Crippen LogP contribution in [-0.2, 0) is 4.79 Å². The van der Waals surface area contributed by atoms with Crippen molar-refractivity contribution >= 4 is 11.9 Å². The molecule has 0 saturated heterocycles. The normalized spacial score (nSPS) is 9.91. The summed E-state index contributed by atoms with van der Waals surface area (Å²) < 4.78 is 5.26. The molecule has 0 heterocycles. The standard InChI is InChI=1S/C17H21NO4/c1-5-7-18(8-6-2)17(21)14-9-12(3)16(13(4)10-14)22-11-15(19)20/h5-6,9-10H,1-2,7-8,11H2,3-4H3,(H,19,20). The average Bonchev–Trinajstić information content (AvgIpc) is 2.45. The SMILES string of the molecule is C=CCN(CC=C)C(=O)c1cc(C)c(OCC(=O)O)c(C)c1. The summed E-state index contributed by atoms with van der Waals surface area (Å²) in [6, 6.07) is 3.40. The van der Waals surface area contributed by atoms with Crippen LogP contribution in [0.4, 0.5) is 0 Å². The molecule has 0 bridgehead atoms. The van der Waals surface area contributed by atoms with Gasteiger partial charge in [-0.3, -0.25) is 4.79 Å². The molecule has 0 fully saturated rings. The number of rotatable bonds is 8. The van der Waals surface area contributed by atoms with Crippen molar-refractivity contribution in [2.75, 3.05) is 19.7 Å². The van der Waals surface area contributed by atoms with Crippen LogP contribution in [0.1, 0.15) is 21.5 Å². The number of aliphatic carboxylic acids is 1. The molecular weight excluding hydrogens is 282 g/mol. The second-order valence-corrected chi connectivity index (χ2v) is 4.91. The first-order valence-electron chi connectivity index (χ1n) is 6.87. The lowest BCUT2D eigenvalue weighted by Gasteiger charge is -2.20. The van der Waals surface area contributed by atoms with Gasteiger partial charge in [-0.1, -0.05) is 12.2 Å². The fraction of sp³-hybridized carbons (Fsp3) is 0.294. The molecule has 118 valence electrons. The number of hydrogen-bond donors (Lipinski definition) is 1. The molecule has 0 aromatic heterocycles. The highest BCUT2D eigenvalue weighted by Gasteiger charge is 2.17. The van der Waals surface area contributed by atoms with Crippen LogP contribution >= 0.6 is 0 Å². The molecule has 1 aromatic rings. The van der Waals surface area contributed by atoms with E-state index in [1.165, 1.54) is 0 Å². The molecule has 1 aromatic carbocycles. The van der Waals surface area contributed by atoms with Crippen LogP contribution < -0.4 is 4.74 Å². The van der Waals surface area contributed by atoms with Crippen LogP contribution in [0, 0.1) is 13.8 Å². The van der Waals surface area contributed by atoms with Gasteiger partial charge in [0.05, 0.1) is 0 Å². The van der Waals surface area contributed by atoms with E-state index in [2.05, 4.69) is 13.2 Å². The number of aryl methyl sites for hydroxylation is 2. The lowest BCUT2D eigenvalue weighted by Crippen LogP contribution is -2.31. The summed E-state index contributed by atoms with van der Waals surface area (Å²) in [4.78, 5) is 24.7. The fourth-order valence-corrected chi connectivity index (χ4v) is 2.17. The van der Waals surface area contributed by atoms with Gasteiger partial charge in [-0.05, 0) is 37.1 Å². The van der Waals surface area contributed by atoms with Gasteiger partial charge in [-0.2, -0.15) is 0 Å². The maximum absolute atomic E-state index is 12.5. The molecule has 0 saturated carbocycles. The Bertz CT molecular complexity index is 559. The third kappa shape index (κ3) is 4.48. The minimum absolute atomic E-state index is 0.129. The van der Waals surface area contributed by atoms with Crippen molar-refractivity contribution in [3.05, 3.63) is 54.1 Å². The summed E-state index contributed by atoms with van der Waals surface area (Å²) in [6.45, 7) is 11.3. The number of carboxylic acids is 1. The number of carboxylic acid groups (broad SMARTS) is 1. The lowest BCUT2D eigenvalue weighted by molar-refractivity contribution is -0.139. The smallest absolute Gasteiger partial charge is 0.341 e. The van der Waals surface area contributed by atoms with Gasteiger partial charge in [0.1, 0.15) is 5.75 Å². The summed E-state index contributed by atoms with van der Waals surface area (Å²) >= 11 is 0. The van der Waals surface area contributed by atoms with Gasteiger partial charge in [0.2, 0.25) is 0 Å². The number of ether oxygens (including phenoxy) is 1. The van der Waals surface area contributed by atoms with Crippen LogP contribution in [0.2, 0.25) is 0 Å². The van der Waals surface area contributed by atoms with Gasteiger partial charge >= 0.3 is 5.97 Å². The number of nitrogens with zero attached hydrogens (tertiary/aromatic N) is 1. The Hall–Kier alpha value is -2.56. The van der Waals surface area contributed by atoms with Gasteiger partial charge in [-0.25, -0.2) is 4.79 Å². The molecule has 5 heteroatoms. The number of amides is 1. The summed E-state index contributed by atoms with van der Waals surface area (Å²) in [5.41, 5.74) is 1.98. The van der Waals surface area contributed by atoms with Crippen molar-refractivity contribution in [1.29, 1.82) is 0 Å². The first-order valence-corrected chi connectivity index (χ1v) is 6.87. The van der Waals surface area contributed by atoms with Crippen molar-refractivity contribution < 1.29 is 19.4 Å².